The molecule has 2 aromatic heterocycles. The first-order chi connectivity index (χ1) is 14.4. The van der Waals surface area contributed by atoms with E-state index in [9.17, 15) is 20.2 Å². The molecule has 0 N–H and O–H groups in total. The Balaban J connectivity index is 1.68. The van der Waals surface area contributed by atoms with Gasteiger partial charge in [0.25, 0.3) is 5.09 Å². The van der Waals surface area contributed by atoms with Crippen LogP contribution in [-0.4, -0.2) is 38.6 Å². The van der Waals surface area contributed by atoms with Gasteiger partial charge in [0.05, 0.1) is 36.2 Å². The zero-order valence-electron chi connectivity index (χ0n) is 16.6. The normalized spacial score (nSPS) is 10.9. The molecule has 0 bridgehead atoms. The van der Waals surface area contributed by atoms with Gasteiger partial charge in [-0.25, -0.2) is 9.48 Å². The van der Waals surface area contributed by atoms with Crippen molar-refractivity contribution in [3.63, 3.8) is 0 Å². The molecule has 2 heterocycles. The van der Waals surface area contributed by atoms with Gasteiger partial charge in [-0.05, 0) is 44.9 Å². The lowest BCUT2D eigenvalue weighted by molar-refractivity contribution is -0.757. The van der Waals surface area contributed by atoms with Crippen molar-refractivity contribution in [2.24, 2.45) is 0 Å². The minimum absolute atomic E-state index is 0.0336. The summed E-state index contributed by atoms with van der Waals surface area (Å²) in [6, 6.07) is 8.11. The number of esters is 1. The first-order valence-electron chi connectivity index (χ1n) is 9.45. The monoisotopic (exact) mass is 411 g/mol. The molecule has 156 valence electrons. The maximum absolute atomic E-state index is 12.2. The molecule has 1 aromatic carbocycles. The van der Waals surface area contributed by atoms with Gasteiger partial charge in [-0.15, -0.1) is 10.1 Å². The van der Waals surface area contributed by atoms with Gasteiger partial charge in [-0.3, -0.25) is 0 Å². The van der Waals surface area contributed by atoms with E-state index >= 15 is 0 Å². The summed E-state index contributed by atoms with van der Waals surface area (Å²) in [6.07, 6.45) is 5.67. The summed E-state index contributed by atoms with van der Waals surface area (Å²) in [5, 5.41) is 23.7. The van der Waals surface area contributed by atoms with Gasteiger partial charge >= 0.3 is 5.97 Å². The lowest BCUT2D eigenvalue weighted by Gasteiger charge is -2.09. The highest BCUT2D eigenvalue weighted by molar-refractivity contribution is 5.90. The van der Waals surface area contributed by atoms with Crippen molar-refractivity contribution in [3.05, 3.63) is 58.0 Å². The van der Waals surface area contributed by atoms with Crippen LogP contribution in [0.25, 0.3) is 16.6 Å². The predicted molar refractivity (Wildman–Crippen MR) is 107 cm³/mol. The average molecular weight is 411 g/mol. The van der Waals surface area contributed by atoms with Crippen LogP contribution < -0.4 is 0 Å². The molecule has 0 amide bonds. The highest BCUT2D eigenvalue weighted by Gasteiger charge is 2.14. The third kappa shape index (κ3) is 4.57. The first kappa shape index (κ1) is 20.9. The molecule has 30 heavy (non-hydrogen) atoms. The van der Waals surface area contributed by atoms with Crippen molar-refractivity contribution < 1.29 is 19.5 Å². The van der Waals surface area contributed by atoms with E-state index < -0.39 is 11.1 Å². The van der Waals surface area contributed by atoms with E-state index in [-0.39, 0.29) is 24.8 Å². The lowest BCUT2D eigenvalue weighted by Crippen LogP contribution is -2.07. The van der Waals surface area contributed by atoms with E-state index in [1.807, 2.05) is 29.0 Å². The molecular formula is C20H21N5O5. The standard InChI is InChI=1S/C20H21N5O5/c1-14(2)23-12-15(10-21)18-9-17(5-6-19(18)23)24-13-16(11-22-24)20(26)29-7-3-4-8-30-25(27)28/h5-6,9,11-14H,3-4,7-8H2,1-2H3. The Kier molecular flexibility index (Phi) is 6.32. The molecule has 0 unspecified atom stereocenters. The molecule has 0 radical (unpaired) electrons. The van der Waals surface area contributed by atoms with Gasteiger partial charge in [0.15, 0.2) is 0 Å². The van der Waals surface area contributed by atoms with Crippen LogP contribution in [0.4, 0.5) is 0 Å². The van der Waals surface area contributed by atoms with Gasteiger partial charge in [0.1, 0.15) is 6.07 Å². The molecule has 0 aliphatic carbocycles. The van der Waals surface area contributed by atoms with Gasteiger partial charge in [0, 0.05) is 29.3 Å². The molecule has 10 heteroatoms. The highest BCUT2D eigenvalue weighted by Crippen LogP contribution is 2.26. The quantitative estimate of drug-likeness (QED) is 0.228. The summed E-state index contributed by atoms with van der Waals surface area (Å²) in [5.74, 6) is -0.527. The second-order valence-electron chi connectivity index (χ2n) is 6.93. The van der Waals surface area contributed by atoms with Crippen molar-refractivity contribution in [3.8, 4) is 11.8 Å². The SMILES string of the molecule is CC(C)n1cc(C#N)c2cc(-n3cc(C(=O)OCCCCO[N+](=O)[O-])cn3)ccc21. The van der Waals surface area contributed by atoms with Crippen LogP contribution in [-0.2, 0) is 9.57 Å². The second kappa shape index (κ2) is 9.09. The molecule has 0 fully saturated rings. The van der Waals surface area contributed by atoms with Crippen LogP contribution in [0.3, 0.4) is 0 Å². The van der Waals surface area contributed by atoms with Gasteiger partial charge in [-0.1, -0.05) is 0 Å². The number of unbranched alkanes of at least 4 members (excludes halogenated alkanes) is 1. The molecular weight excluding hydrogens is 390 g/mol. The van der Waals surface area contributed by atoms with Crippen molar-refractivity contribution >= 4 is 16.9 Å². The van der Waals surface area contributed by atoms with E-state index in [4.69, 9.17) is 4.74 Å². The third-order valence-electron chi connectivity index (χ3n) is 4.54. The lowest BCUT2D eigenvalue weighted by atomic mass is 10.1. The number of fused-ring (bicyclic) bond motifs is 1. The highest BCUT2D eigenvalue weighted by atomic mass is 16.9. The summed E-state index contributed by atoms with van der Waals surface area (Å²) in [6.45, 7) is 4.20. The van der Waals surface area contributed by atoms with E-state index in [1.165, 1.54) is 6.20 Å². The Morgan fingerprint density at radius 1 is 1.30 bits per heavy atom. The fourth-order valence-corrected chi connectivity index (χ4v) is 3.06. The van der Waals surface area contributed by atoms with E-state index in [2.05, 4.69) is 29.9 Å². The number of hydrogen-bond acceptors (Lipinski definition) is 7. The Hall–Kier alpha value is -3.87. The summed E-state index contributed by atoms with van der Waals surface area (Å²) >= 11 is 0. The molecule has 0 atom stereocenters. The van der Waals surface area contributed by atoms with E-state index in [0.717, 1.165) is 16.6 Å². The predicted octanol–water partition coefficient (Wildman–Crippen LogP) is 3.42. The molecule has 0 saturated heterocycles. The first-order valence-corrected chi connectivity index (χ1v) is 9.45. The zero-order valence-corrected chi connectivity index (χ0v) is 16.6. The van der Waals surface area contributed by atoms with Crippen LogP contribution in [0.15, 0.2) is 36.8 Å². The number of rotatable bonds is 9. The topological polar surface area (TPSA) is 125 Å². The van der Waals surface area contributed by atoms with Crippen molar-refractivity contribution in [1.29, 1.82) is 5.26 Å². The number of nitrogens with zero attached hydrogens (tertiary/aromatic N) is 5. The fourth-order valence-electron chi connectivity index (χ4n) is 3.06. The molecule has 10 nitrogen and oxygen atoms in total. The average Bonchev–Trinajstić information content (AvgIpc) is 3.34. The Morgan fingerprint density at radius 2 is 2.07 bits per heavy atom. The van der Waals surface area contributed by atoms with Gasteiger partial charge in [0.2, 0.25) is 0 Å². The van der Waals surface area contributed by atoms with E-state index in [1.54, 1.807) is 10.9 Å². The smallest absolute Gasteiger partial charge is 0.341 e. The van der Waals surface area contributed by atoms with Crippen LogP contribution in [0.1, 0.15) is 48.7 Å². The summed E-state index contributed by atoms with van der Waals surface area (Å²) in [4.78, 5) is 26.4. The maximum atomic E-state index is 12.2. The summed E-state index contributed by atoms with van der Waals surface area (Å²) < 4.78 is 8.75. The Labute approximate surface area is 172 Å². The number of nitriles is 1. The fraction of sp³-hybridized carbons (Fsp3) is 0.350. The van der Waals surface area contributed by atoms with Crippen LogP contribution in [0.5, 0.6) is 0 Å². The van der Waals surface area contributed by atoms with Gasteiger partial charge in [-0.2, -0.15) is 10.4 Å². The minimum atomic E-state index is -0.852. The van der Waals surface area contributed by atoms with Crippen molar-refractivity contribution in [2.75, 3.05) is 13.2 Å². The van der Waals surface area contributed by atoms with E-state index in [0.29, 0.717) is 18.4 Å². The molecule has 0 saturated carbocycles. The van der Waals surface area contributed by atoms with Crippen LogP contribution in [0, 0.1) is 21.4 Å². The number of hydrogen-bond donors (Lipinski definition) is 0. The summed E-state index contributed by atoms with van der Waals surface area (Å²) in [7, 11) is 0. The molecule has 0 aliphatic rings. The maximum Gasteiger partial charge on any atom is 0.341 e. The largest absolute Gasteiger partial charge is 0.462 e. The van der Waals surface area contributed by atoms with Crippen molar-refractivity contribution in [2.45, 2.75) is 32.7 Å². The number of carbonyl (C=O) groups is 1. The number of carbonyl (C=O) groups excluding carboxylic acids is 1. The summed E-state index contributed by atoms with van der Waals surface area (Å²) in [5.41, 5.74) is 2.54. The van der Waals surface area contributed by atoms with Crippen molar-refractivity contribution in [1.82, 2.24) is 14.3 Å². The molecule has 3 rings (SSSR count). The molecule has 0 aliphatic heterocycles. The molecule has 3 aromatic rings. The third-order valence-corrected chi connectivity index (χ3v) is 4.54. The number of ether oxygens (including phenoxy) is 1. The Morgan fingerprint density at radius 3 is 2.77 bits per heavy atom. The Bertz CT molecular complexity index is 1110. The van der Waals surface area contributed by atoms with Crippen LogP contribution >= 0.6 is 0 Å². The minimum Gasteiger partial charge on any atom is -0.462 e. The molecule has 0 spiro atoms. The second-order valence-corrected chi connectivity index (χ2v) is 6.93. The number of benzene rings is 1. The number of aromatic nitrogens is 3. The van der Waals surface area contributed by atoms with Gasteiger partial charge < -0.3 is 14.1 Å². The van der Waals surface area contributed by atoms with Crippen LogP contribution in [0.2, 0.25) is 0 Å². The zero-order chi connectivity index (χ0) is 21.7.